The van der Waals surface area contributed by atoms with Crippen LogP contribution in [0.1, 0.15) is 89.2 Å². The SMILES string of the molecule is CCCCOC(=O)CNC(=O)OCCCCC#CC#CC#Cc1c(F)c(F)c(C#CC#CC#CCCCCOC(=O)NCC(=O)OCCCC)c(F)c1F. The minimum atomic E-state index is -1.75. The Morgan fingerprint density at radius 1 is 0.481 bits per heavy atom. The summed E-state index contributed by atoms with van der Waals surface area (Å²) >= 11 is 0. The summed E-state index contributed by atoms with van der Waals surface area (Å²) in [5.74, 6) is 19.4. The molecule has 0 aliphatic rings. The van der Waals surface area contributed by atoms with Gasteiger partial charge in [0.1, 0.15) is 24.2 Å². The van der Waals surface area contributed by atoms with Crippen molar-refractivity contribution in [2.24, 2.45) is 0 Å². The fourth-order valence-corrected chi connectivity index (χ4v) is 3.49. The summed E-state index contributed by atoms with van der Waals surface area (Å²) in [6.07, 6.45) is 4.58. The van der Waals surface area contributed by atoms with Crippen LogP contribution in [0.3, 0.4) is 0 Å². The van der Waals surface area contributed by atoms with Crippen LogP contribution in [0.5, 0.6) is 0 Å². The van der Waals surface area contributed by atoms with Gasteiger partial charge in [0, 0.05) is 12.8 Å². The van der Waals surface area contributed by atoms with Gasteiger partial charge in [-0.1, -0.05) is 38.5 Å². The monoisotopic (exact) mass is 752 g/mol. The van der Waals surface area contributed by atoms with Crippen LogP contribution >= 0.6 is 0 Å². The lowest BCUT2D eigenvalue weighted by molar-refractivity contribution is -0.143. The van der Waals surface area contributed by atoms with E-state index in [4.69, 9.17) is 18.9 Å². The summed E-state index contributed by atoms with van der Waals surface area (Å²) in [6.45, 7) is 4.10. The molecule has 0 unspecified atom stereocenters. The summed E-state index contributed by atoms with van der Waals surface area (Å²) in [4.78, 5) is 45.9. The molecule has 2 N–H and O–H groups in total. The number of carbonyl (C=O) groups excluding carboxylic acids is 4. The average molecular weight is 753 g/mol. The van der Waals surface area contributed by atoms with Crippen LogP contribution in [0.25, 0.3) is 0 Å². The van der Waals surface area contributed by atoms with E-state index in [0.29, 0.717) is 51.7 Å². The van der Waals surface area contributed by atoms with E-state index in [1.165, 1.54) is 0 Å². The smallest absolute Gasteiger partial charge is 0.407 e. The Labute approximate surface area is 313 Å². The normalized spacial score (nSPS) is 9.15. The molecule has 0 aliphatic heterocycles. The highest BCUT2D eigenvalue weighted by Gasteiger charge is 2.23. The molecule has 0 saturated heterocycles. The highest BCUT2D eigenvalue weighted by Crippen LogP contribution is 2.23. The Morgan fingerprint density at radius 3 is 1.20 bits per heavy atom. The highest BCUT2D eigenvalue weighted by atomic mass is 19.2. The Balaban J connectivity index is 2.46. The van der Waals surface area contributed by atoms with Gasteiger partial charge in [0.25, 0.3) is 0 Å². The third kappa shape index (κ3) is 21.2. The molecule has 0 radical (unpaired) electrons. The fraction of sp³-hybridized carbons (Fsp3) is 0.450. The van der Waals surface area contributed by atoms with Crippen molar-refractivity contribution in [1.82, 2.24) is 10.6 Å². The van der Waals surface area contributed by atoms with Gasteiger partial charge in [0.15, 0.2) is 23.3 Å². The number of hydrogen-bond donors (Lipinski definition) is 2. The van der Waals surface area contributed by atoms with E-state index in [1.54, 1.807) is 0 Å². The van der Waals surface area contributed by atoms with Gasteiger partial charge in [-0.15, -0.1) is 0 Å². The summed E-state index contributed by atoms with van der Waals surface area (Å²) < 4.78 is 77.4. The molecule has 1 rings (SSSR count). The van der Waals surface area contributed by atoms with Crippen LogP contribution in [0.15, 0.2) is 0 Å². The summed E-state index contributed by atoms with van der Waals surface area (Å²) in [7, 11) is 0. The molecule has 0 aromatic heterocycles. The Hall–Kier alpha value is -6.22. The molecule has 0 saturated carbocycles. The van der Waals surface area contributed by atoms with E-state index >= 15 is 0 Å². The number of alkyl carbamates (subject to hydrolysis) is 2. The summed E-state index contributed by atoms with van der Waals surface area (Å²) in [5, 5.41) is 4.57. The summed E-state index contributed by atoms with van der Waals surface area (Å²) in [5.41, 5.74) is -2.33. The zero-order valence-corrected chi connectivity index (χ0v) is 30.1. The highest BCUT2D eigenvalue weighted by molar-refractivity contribution is 5.78. The second-order valence-corrected chi connectivity index (χ2v) is 10.7. The maximum absolute atomic E-state index is 14.4. The van der Waals surface area contributed by atoms with Crippen molar-refractivity contribution < 1.29 is 55.7 Å². The minimum absolute atomic E-state index is 0.0960. The number of benzene rings is 1. The first-order valence-electron chi connectivity index (χ1n) is 17.1. The number of amides is 2. The van der Waals surface area contributed by atoms with Gasteiger partial charge in [-0.2, -0.15) is 0 Å². The standard InChI is InChI=1S/C40H40F4N2O8/c1-3-5-25-51-33(47)29-45-39(49)53-27-21-17-13-9-7-11-15-19-23-31-35(41)37(43)32(38(44)36(31)42)24-20-16-12-8-10-14-18-22-28-54-40(50)46-30-34(48)52-26-6-4-2/h3-6,13-14,17-18,21-22,25-30H2,1-2H3,(H,45,49)(H,46,50). The van der Waals surface area contributed by atoms with E-state index in [0.717, 1.165) is 25.7 Å². The number of ether oxygens (including phenoxy) is 4. The first kappa shape index (κ1) is 45.8. The van der Waals surface area contributed by atoms with Gasteiger partial charge in [-0.25, -0.2) is 27.2 Å². The van der Waals surface area contributed by atoms with Crippen LogP contribution in [0.2, 0.25) is 0 Å². The van der Waals surface area contributed by atoms with Crippen LogP contribution in [0, 0.1) is 94.3 Å². The van der Waals surface area contributed by atoms with Crippen molar-refractivity contribution in [1.29, 1.82) is 0 Å². The Morgan fingerprint density at radius 2 is 0.833 bits per heavy atom. The van der Waals surface area contributed by atoms with Crippen molar-refractivity contribution in [2.75, 3.05) is 39.5 Å². The number of unbranched alkanes of at least 4 members (excludes halogenated alkanes) is 6. The fourth-order valence-electron chi connectivity index (χ4n) is 3.49. The van der Waals surface area contributed by atoms with Crippen molar-refractivity contribution in [3.8, 4) is 71.0 Å². The molecule has 0 aliphatic carbocycles. The largest absolute Gasteiger partial charge is 0.464 e. The van der Waals surface area contributed by atoms with E-state index < -0.39 is 58.5 Å². The number of carbonyl (C=O) groups is 4. The lowest BCUT2D eigenvalue weighted by Gasteiger charge is -2.06. The molecule has 14 heteroatoms. The molecule has 1 aromatic rings. The lowest BCUT2D eigenvalue weighted by Crippen LogP contribution is -2.31. The van der Waals surface area contributed by atoms with Gasteiger partial charge < -0.3 is 29.6 Å². The number of rotatable bonds is 18. The number of halogens is 4. The molecule has 0 bridgehead atoms. The average Bonchev–Trinajstić information content (AvgIpc) is 3.16. The van der Waals surface area contributed by atoms with Crippen molar-refractivity contribution >= 4 is 24.1 Å². The number of esters is 2. The third-order valence-corrected chi connectivity index (χ3v) is 6.32. The van der Waals surface area contributed by atoms with Crippen LogP contribution < -0.4 is 10.6 Å². The molecular weight excluding hydrogens is 712 g/mol. The topological polar surface area (TPSA) is 129 Å². The first-order valence-corrected chi connectivity index (χ1v) is 17.1. The minimum Gasteiger partial charge on any atom is -0.464 e. The maximum Gasteiger partial charge on any atom is 0.407 e. The van der Waals surface area contributed by atoms with Gasteiger partial charge in [0.2, 0.25) is 0 Å². The Bertz CT molecular complexity index is 1670. The Kier molecular flexibility index (Phi) is 24.9. The van der Waals surface area contributed by atoms with E-state index in [2.05, 4.69) is 69.8 Å². The predicted octanol–water partition coefficient (Wildman–Crippen LogP) is 5.44. The maximum atomic E-state index is 14.4. The van der Waals surface area contributed by atoms with Crippen LogP contribution in [-0.2, 0) is 28.5 Å². The lowest BCUT2D eigenvalue weighted by atomic mass is 10.1. The van der Waals surface area contributed by atoms with E-state index in [-0.39, 0.29) is 26.3 Å². The number of nitrogens with one attached hydrogen (secondary N) is 2. The molecule has 54 heavy (non-hydrogen) atoms. The zero-order chi connectivity index (χ0) is 39.8. The van der Waals surface area contributed by atoms with Crippen molar-refractivity contribution in [3.63, 3.8) is 0 Å². The molecular formula is C40H40F4N2O8. The molecule has 286 valence electrons. The molecule has 2 amide bonds. The quantitative estimate of drug-likeness (QED) is 0.0507. The van der Waals surface area contributed by atoms with Crippen molar-refractivity contribution in [3.05, 3.63) is 34.4 Å². The van der Waals surface area contributed by atoms with Gasteiger partial charge in [-0.3, -0.25) is 9.59 Å². The molecule has 1 aromatic carbocycles. The number of hydrogen-bond acceptors (Lipinski definition) is 8. The van der Waals surface area contributed by atoms with Crippen molar-refractivity contribution in [2.45, 2.75) is 78.1 Å². The summed E-state index contributed by atoms with van der Waals surface area (Å²) in [6, 6.07) is 0. The van der Waals surface area contributed by atoms with Gasteiger partial charge in [-0.05, 0) is 97.7 Å². The van der Waals surface area contributed by atoms with Gasteiger partial charge in [0.05, 0.1) is 26.4 Å². The van der Waals surface area contributed by atoms with Gasteiger partial charge >= 0.3 is 24.1 Å². The molecule has 10 nitrogen and oxygen atoms in total. The van der Waals surface area contributed by atoms with E-state index in [9.17, 15) is 36.7 Å². The molecule has 0 fully saturated rings. The third-order valence-electron chi connectivity index (χ3n) is 6.32. The predicted molar refractivity (Wildman–Crippen MR) is 189 cm³/mol. The molecule has 0 atom stereocenters. The second-order valence-electron chi connectivity index (χ2n) is 10.7. The van der Waals surface area contributed by atoms with Crippen LogP contribution in [-0.4, -0.2) is 63.6 Å². The zero-order valence-electron chi connectivity index (χ0n) is 30.1. The van der Waals surface area contributed by atoms with Crippen LogP contribution in [0.4, 0.5) is 27.2 Å². The van der Waals surface area contributed by atoms with E-state index in [1.807, 2.05) is 25.7 Å². The second kappa shape index (κ2) is 29.4. The molecule has 0 heterocycles. The first-order chi connectivity index (χ1) is 26.1. The molecule has 0 spiro atoms.